The maximum absolute atomic E-state index is 11.9. The second-order valence-corrected chi connectivity index (χ2v) is 6.21. The highest BCUT2D eigenvalue weighted by Crippen LogP contribution is 2.15. The molecule has 2 rings (SSSR count). The quantitative estimate of drug-likeness (QED) is 0.720. The lowest BCUT2D eigenvalue weighted by molar-refractivity contribution is -0.117. The SMILES string of the molecule is C[C@@H](CN)NC(=O)C1=CN2CCS(=O)(=O)N=C2C=C1.Cl. The number of nitrogens with zero attached hydrogens (tertiary/aromatic N) is 2. The van der Waals surface area contributed by atoms with E-state index in [2.05, 4.69) is 9.71 Å². The van der Waals surface area contributed by atoms with E-state index >= 15 is 0 Å². The van der Waals surface area contributed by atoms with Gasteiger partial charge in [-0.25, -0.2) is 8.42 Å². The Morgan fingerprint density at radius 2 is 2.25 bits per heavy atom. The smallest absolute Gasteiger partial charge is 0.256 e. The Bertz CT molecular complexity index is 582. The fraction of sp³-hybridized carbons (Fsp3) is 0.455. The van der Waals surface area contributed by atoms with E-state index in [0.717, 1.165) is 0 Å². The summed E-state index contributed by atoms with van der Waals surface area (Å²) in [5.41, 5.74) is 5.89. The maximum Gasteiger partial charge on any atom is 0.256 e. The van der Waals surface area contributed by atoms with Crippen molar-refractivity contribution in [1.82, 2.24) is 10.2 Å². The molecular formula is C11H17ClN4O3S. The Morgan fingerprint density at radius 3 is 2.90 bits per heavy atom. The molecule has 0 aromatic carbocycles. The van der Waals surface area contributed by atoms with Crippen LogP contribution < -0.4 is 11.1 Å². The van der Waals surface area contributed by atoms with Crippen LogP contribution in [0.1, 0.15) is 6.92 Å². The van der Waals surface area contributed by atoms with Crippen LogP contribution >= 0.6 is 12.4 Å². The molecule has 112 valence electrons. The number of rotatable bonds is 3. The second kappa shape index (κ2) is 6.38. The number of hydrogen-bond donors (Lipinski definition) is 2. The summed E-state index contributed by atoms with van der Waals surface area (Å²) in [4.78, 5) is 13.6. The van der Waals surface area contributed by atoms with Crippen molar-refractivity contribution < 1.29 is 13.2 Å². The third-order valence-corrected chi connectivity index (χ3v) is 3.98. The highest BCUT2D eigenvalue weighted by molar-refractivity contribution is 7.90. The molecule has 1 atom stereocenters. The third-order valence-electron chi connectivity index (χ3n) is 2.82. The molecule has 0 aliphatic carbocycles. The monoisotopic (exact) mass is 320 g/mol. The molecule has 0 radical (unpaired) electrons. The van der Waals surface area contributed by atoms with Crippen LogP contribution in [-0.4, -0.2) is 49.9 Å². The number of carbonyl (C=O) groups is 1. The van der Waals surface area contributed by atoms with Gasteiger partial charge in [0.2, 0.25) is 0 Å². The minimum Gasteiger partial charge on any atom is -0.348 e. The van der Waals surface area contributed by atoms with Gasteiger partial charge >= 0.3 is 0 Å². The molecule has 0 aromatic rings. The second-order valence-electron chi connectivity index (χ2n) is 4.46. The summed E-state index contributed by atoms with van der Waals surface area (Å²) < 4.78 is 26.3. The van der Waals surface area contributed by atoms with Crippen molar-refractivity contribution in [1.29, 1.82) is 0 Å². The van der Waals surface area contributed by atoms with Crippen molar-refractivity contribution in [2.75, 3.05) is 18.8 Å². The van der Waals surface area contributed by atoms with E-state index in [1.165, 1.54) is 6.08 Å². The van der Waals surface area contributed by atoms with Crippen LogP contribution in [0.25, 0.3) is 0 Å². The lowest BCUT2D eigenvalue weighted by atomic mass is 10.1. The van der Waals surface area contributed by atoms with Gasteiger partial charge in [0.15, 0.2) is 0 Å². The molecule has 0 saturated carbocycles. The maximum atomic E-state index is 11.9. The van der Waals surface area contributed by atoms with Gasteiger partial charge in [0.25, 0.3) is 15.9 Å². The summed E-state index contributed by atoms with van der Waals surface area (Å²) in [5, 5.41) is 2.74. The summed E-state index contributed by atoms with van der Waals surface area (Å²) >= 11 is 0. The van der Waals surface area contributed by atoms with Gasteiger partial charge in [0.05, 0.1) is 11.3 Å². The van der Waals surface area contributed by atoms with Gasteiger partial charge in [-0.3, -0.25) is 4.79 Å². The summed E-state index contributed by atoms with van der Waals surface area (Å²) in [6, 6.07) is -0.112. The highest BCUT2D eigenvalue weighted by atomic mass is 35.5. The molecule has 0 fully saturated rings. The molecule has 2 aliphatic heterocycles. The zero-order chi connectivity index (χ0) is 14.0. The number of sulfonamides is 1. The Balaban J connectivity index is 0.00000200. The largest absolute Gasteiger partial charge is 0.348 e. The van der Waals surface area contributed by atoms with Crippen LogP contribution in [0.2, 0.25) is 0 Å². The molecule has 1 amide bonds. The Hall–Kier alpha value is -1.38. The van der Waals surface area contributed by atoms with Crippen LogP contribution in [0.4, 0.5) is 0 Å². The molecule has 0 unspecified atom stereocenters. The lowest BCUT2D eigenvalue weighted by Crippen LogP contribution is -2.41. The van der Waals surface area contributed by atoms with Crippen LogP contribution in [0.15, 0.2) is 28.3 Å². The van der Waals surface area contributed by atoms with Crippen LogP contribution in [0, 0.1) is 0 Å². The van der Waals surface area contributed by atoms with Gasteiger partial charge < -0.3 is 16.0 Å². The molecule has 2 aliphatic rings. The number of nitrogens with two attached hydrogens (primary N) is 1. The average Bonchev–Trinajstić information content (AvgIpc) is 2.36. The van der Waals surface area contributed by atoms with E-state index < -0.39 is 10.0 Å². The fourth-order valence-corrected chi connectivity index (χ4v) is 2.67. The van der Waals surface area contributed by atoms with Crippen molar-refractivity contribution in [3.05, 3.63) is 23.9 Å². The number of hydrogen-bond acceptors (Lipinski definition) is 5. The van der Waals surface area contributed by atoms with E-state index in [0.29, 0.717) is 24.5 Å². The van der Waals surface area contributed by atoms with Crippen molar-refractivity contribution in [3.63, 3.8) is 0 Å². The molecule has 0 aromatic heterocycles. The van der Waals surface area contributed by atoms with E-state index in [4.69, 9.17) is 5.73 Å². The Kier molecular flexibility index (Phi) is 5.32. The van der Waals surface area contributed by atoms with Gasteiger partial charge in [0.1, 0.15) is 5.84 Å². The van der Waals surface area contributed by atoms with Gasteiger partial charge in [-0.05, 0) is 19.1 Å². The summed E-state index contributed by atoms with van der Waals surface area (Å²) in [7, 11) is -3.37. The highest BCUT2D eigenvalue weighted by Gasteiger charge is 2.25. The molecule has 2 heterocycles. The number of amidine groups is 1. The zero-order valence-electron chi connectivity index (χ0n) is 10.9. The van der Waals surface area contributed by atoms with Crippen LogP contribution in [0.5, 0.6) is 0 Å². The molecule has 20 heavy (non-hydrogen) atoms. The number of fused-ring (bicyclic) bond motifs is 1. The van der Waals surface area contributed by atoms with E-state index in [1.54, 1.807) is 17.2 Å². The summed E-state index contributed by atoms with van der Waals surface area (Å²) in [6.07, 6.45) is 4.68. The van der Waals surface area contributed by atoms with Crippen LogP contribution in [0.3, 0.4) is 0 Å². The van der Waals surface area contributed by atoms with Crippen molar-refractivity contribution in [2.24, 2.45) is 10.1 Å². The molecule has 0 spiro atoms. The van der Waals surface area contributed by atoms with E-state index in [9.17, 15) is 13.2 Å². The normalized spacial score (nSPS) is 21.0. The first kappa shape index (κ1) is 16.7. The topological polar surface area (TPSA) is 105 Å². The lowest BCUT2D eigenvalue weighted by Gasteiger charge is -2.27. The standard InChI is InChI=1S/C11H16N4O3S.ClH/c1-8(6-12)13-11(16)9-2-3-10-14-19(17,18)5-4-15(10)7-9;/h2-3,7-8H,4-6,12H2,1H3,(H,13,16);1H/t8-;/m0./s1. The van der Waals surface area contributed by atoms with E-state index in [1.807, 2.05) is 6.92 Å². The third kappa shape index (κ3) is 3.81. The summed E-state index contributed by atoms with van der Waals surface area (Å²) in [6.45, 7) is 2.47. The molecule has 0 saturated heterocycles. The first-order valence-electron chi connectivity index (χ1n) is 5.91. The zero-order valence-corrected chi connectivity index (χ0v) is 12.6. The molecule has 7 nitrogen and oxygen atoms in total. The predicted octanol–water partition coefficient (Wildman–Crippen LogP) is -0.631. The van der Waals surface area contributed by atoms with Crippen LogP contribution in [-0.2, 0) is 14.8 Å². The van der Waals surface area contributed by atoms with E-state index in [-0.39, 0.29) is 30.1 Å². The van der Waals surface area contributed by atoms with Crippen molar-refractivity contribution >= 4 is 34.2 Å². The van der Waals surface area contributed by atoms with Crippen molar-refractivity contribution in [2.45, 2.75) is 13.0 Å². The number of amides is 1. The van der Waals surface area contributed by atoms with Gasteiger partial charge in [-0.15, -0.1) is 16.8 Å². The average molecular weight is 321 g/mol. The molecular weight excluding hydrogens is 304 g/mol. The number of halogens is 1. The minimum absolute atomic E-state index is 0. The first-order valence-corrected chi connectivity index (χ1v) is 7.52. The number of carbonyl (C=O) groups excluding carboxylic acids is 1. The van der Waals surface area contributed by atoms with Crippen molar-refractivity contribution in [3.8, 4) is 0 Å². The molecule has 9 heteroatoms. The van der Waals surface area contributed by atoms with Gasteiger partial charge in [-0.1, -0.05) is 0 Å². The van der Waals surface area contributed by atoms with Gasteiger partial charge in [0, 0.05) is 25.3 Å². The molecule has 3 N–H and O–H groups in total. The Labute approximate surface area is 124 Å². The summed E-state index contributed by atoms with van der Waals surface area (Å²) in [5.74, 6) is 0.0611. The minimum atomic E-state index is -3.37. The number of nitrogens with one attached hydrogen (secondary N) is 1. The fourth-order valence-electron chi connectivity index (χ4n) is 1.70. The van der Waals surface area contributed by atoms with Gasteiger partial charge in [-0.2, -0.15) is 0 Å². The molecule has 0 bridgehead atoms. The first-order chi connectivity index (χ1) is 8.91. The Morgan fingerprint density at radius 1 is 1.55 bits per heavy atom. The predicted molar refractivity (Wildman–Crippen MR) is 79.1 cm³/mol.